The molecule has 11 heteroatoms. The second-order valence-electron chi connectivity index (χ2n) is 7.49. The molecule has 170 valence electrons. The second-order valence-corrected chi connectivity index (χ2v) is 8.80. The van der Waals surface area contributed by atoms with E-state index in [4.69, 9.17) is 9.26 Å². The lowest BCUT2D eigenvalue weighted by Crippen LogP contribution is -2.38. The molecule has 3 aromatic rings. The summed E-state index contributed by atoms with van der Waals surface area (Å²) in [4.78, 5) is 14.9. The number of carbonyl (C=O) groups is 1. The average molecular weight is 461 g/mol. The molecule has 1 unspecified atom stereocenters. The molecule has 9 nitrogen and oxygen atoms in total. The van der Waals surface area contributed by atoms with Gasteiger partial charge in [-0.1, -0.05) is 16.9 Å². The van der Waals surface area contributed by atoms with Crippen molar-refractivity contribution in [2.45, 2.75) is 30.8 Å². The van der Waals surface area contributed by atoms with Crippen molar-refractivity contribution < 1.29 is 18.4 Å². The SMILES string of the molecule is Cc1cc(NC(=O)C(C)Sc2nnc(-c3ccc(F)cc3)n2CCN2CCOCC2)no1. The van der Waals surface area contributed by atoms with Crippen LogP contribution in [0.1, 0.15) is 12.7 Å². The van der Waals surface area contributed by atoms with Gasteiger partial charge in [0.05, 0.1) is 18.5 Å². The minimum absolute atomic E-state index is 0.214. The van der Waals surface area contributed by atoms with Gasteiger partial charge in [0.2, 0.25) is 5.91 Å². The van der Waals surface area contributed by atoms with Crippen molar-refractivity contribution in [3.05, 3.63) is 41.9 Å². The van der Waals surface area contributed by atoms with Crippen molar-refractivity contribution in [3.8, 4) is 11.4 Å². The van der Waals surface area contributed by atoms with Crippen LogP contribution >= 0.6 is 11.8 Å². The van der Waals surface area contributed by atoms with Crippen LogP contribution in [0.25, 0.3) is 11.4 Å². The van der Waals surface area contributed by atoms with Gasteiger partial charge in [-0.15, -0.1) is 10.2 Å². The van der Waals surface area contributed by atoms with Crippen molar-refractivity contribution in [1.82, 2.24) is 24.8 Å². The molecule has 3 heterocycles. The smallest absolute Gasteiger partial charge is 0.238 e. The van der Waals surface area contributed by atoms with Crippen molar-refractivity contribution >= 4 is 23.5 Å². The molecule has 0 aliphatic carbocycles. The lowest BCUT2D eigenvalue weighted by atomic mass is 10.2. The molecule has 1 amide bonds. The zero-order chi connectivity index (χ0) is 22.5. The van der Waals surface area contributed by atoms with Crippen LogP contribution in [0, 0.1) is 12.7 Å². The Balaban J connectivity index is 1.51. The number of ether oxygens (including phenoxy) is 1. The van der Waals surface area contributed by atoms with Gasteiger partial charge in [0, 0.05) is 37.8 Å². The molecular formula is C21H25FN6O3S. The molecule has 0 bridgehead atoms. The van der Waals surface area contributed by atoms with Crippen LogP contribution in [0.3, 0.4) is 0 Å². The zero-order valence-electron chi connectivity index (χ0n) is 18.0. The van der Waals surface area contributed by atoms with Crippen LogP contribution in [-0.4, -0.2) is 68.8 Å². The van der Waals surface area contributed by atoms with Gasteiger partial charge in [-0.3, -0.25) is 9.69 Å². The fourth-order valence-electron chi connectivity index (χ4n) is 3.32. The number of hydrogen-bond acceptors (Lipinski definition) is 8. The van der Waals surface area contributed by atoms with E-state index in [9.17, 15) is 9.18 Å². The number of thioether (sulfide) groups is 1. The number of benzene rings is 1. The van der Waals surface area contributed by atoms with E-state index in [0.29, 0.717) is 42.3 Å². The third-order valence-electron chi connectivity index (χ3n) is 5.09. The molecule has 1 saturated heterocycles. The number of nitrogens with zero attached hydrogens (tertiary/aromatic N) is 5. The highest BCUT2D eigenvalue weighted by Crippen LogP contribution is 2.28. The molecule has 32 heavy (non-hydrogen) atoms. The zero-order valence-corrected chi connectivity index (χ0v) is 18.8. The third kappa shape index (κ3) is 5.53. The van der Waals surface area contributed by atoms with E-state index in [0.717, 1.165) is 25.2 Å². The number of amides is 1. The Morgan fingerprint density at radius 2 is 1.97 bits per heavy atom. The Morgan fingerprint density at radius 3 is 2.66 bits per heavy atom. The van der Waals surface area contributed by atoms with E-state index in [-0.39, 0.29) is 11.7 Å². The molecule has 1 N–H and O–H groups in total. The number of rotatable bonds is 8. The average Bonchev–Trinajstić information content (AvgIpc) is 3.39. The van der Waals surface area contributed by atoms with Gasteiger partial charge in [-0.25, -0.2) is 4.39 Å². The number of anilines is 1. The summed E-state index contributed by atoms with van der Waals surface area (Å²) in [5.41, 5.74) is 0.767. The van der Waals surface area contributed by atoms with Crippen LogP contribution in [0.2, 0.25) is 0 Å². The molecule has 1 aromatic carbocycles. The third-order valence-corrected chi connectivity index (χ3v) is 6.17. The number of nitrogens with one attached hydrogen (secondary N) is 1. The van der Waals surface area contributed by atoms with Crippen LogP contribution in [0.5, 0.6) is 0 Å². The number of aromatic nitrogens is 4. The van der Waals surface area contributed by atoms with Crippen molar-refractivity contribution in [2.24, 2.45) is 0 Å². The highest BCUT2D eigenvalue weighted by molar-refractivity contribution is 8.00. The molecule has 4 rings (SSSR count). The topological polar surface area (TPSA) is 98.3 Å². The van der Waals surface area contributed by atoms with E-state index in [1.807, 2.05) is 4.57 Å². The monoisotopic (exact) mass is 460 g/mol. The number of carbonyl (C=O) groups excluding carboxylic acids is 1. The molecule has 1 fully saturated rings. The van der Waals surface area contributed by atoms with Crippen LogP contribution in [-0.2, 0) is 16.1 Å². The van der Waals surface area contributed by atoms with Gasteiger partial charge in [0.1, 0.15) is 11.6 Å². The van der Waals surface area contributed by atoms with E-state index in [1.165, 1.54) is 23.9 Å². The lowest BCUT2D eigenvalue weighted by Gasteiger charge is -2.27. The number of halogens is 1. The summed E-state index contributed by atoms with van der Waals surface area (Å²) >= 11 is 1.31. The Hall–Kier alpha value is -2.76. The first kappa shape index (κ1) is 22.4. The predicted octanol–water partition coefficient (Wildman–Crippen LogP) is 2.83. The molecule has 0 radical (unpaired) electrons. The Bertz CT molecular complexity index is 1050. The molecule has 2 aromatic heterocycles. The normalized spacial score (nSPS) is 15.6. The van der Waals surface area contributed by atoms with Crippen LogP contribution in [0.15, 0.2) is 40.0 Å². The van der Waals surface area contributed by atoms with Crippen molar-refractivity contribution in [3.63, 3.8) is 0 Å². The maximum absolute atomic E-state index is 13.4. The van der Waals surface area contributed by atoms with E-state index in [2.05, 4.69) is 25.6 Å². The molecular weight excluding hydrogens is 435 g/mol. The fourth-order valence-corrected chi connectivity index (χ4v) is 4.20. The molecule has 1 atom stereocenters. The minimum Gasteiger partial charge on any atom is -0.379 e. The molecule has 1 aliphatic heterocycles. The first-order valence-electron chi connectivity index (χ1n) is 10.4. The summed E-state index contributed by atoms with van der Waals surface area (Å²) in [6.45, 7) is 8.15. The Morgan fingerprint density at radius 1 is 1.22 bits per heavy atom. The van der Waals surface area contributed by atoms with Gasteiger partial charge in [0.15, 0.2) is 16.8 Å². The highest BCUT2D eigenvalue weighted by Gasteiger charge is 2.22. The first-order chi connectivity index (χ1) is 15.5. The molecule has 1 aliphatic rings. The van der Waals surface area contributed by atoms with Crippen LogP contribution < -0.4 is 5.32 Å². The summed E-state index contributed by atoms with van der Waals surface area (Å²) in [6.07, 6.45) is 0. The Kier molecular flexibility index (Phi) is 7.18. The van der Waals surface area contributed by atoms with Gasteiger partial charge in [0.25, 0.3) is 0 Å². The second kappa shape index (κ2) is 10.2. The number of hydrogen-bond donors (Lipinski definition) is 1. The molecule has 0 spiro atoms. The summed E-state index contributed by atoms with van der Waals surface area (Å²) in [7, 11) is 0. The quantitative estimate of drug-likeness (QED) is 0.513. The van der Waals surface area contributed by atoms with Gasteiger partial charge < -0.3 is 19.1 Å². The van der Waals surface area contributed by atoms with Crippen molar-refractivity contribution in [1.29, 1.82) is 0 Å². The minimum atomic E-state index is -0.445. The summed E-state index contributed by atoms with van der Waals surface area (Å²) in [6, 6.07) is 7.83. The first-order valence-corrected chi connectivity index (χ1v) is 11.3. The largest absolute Gasteiger partial charge is 0.379 e. The number of aryl methyl sites for hydroxylation is 1. The van der Waals surface area contributed by atoms with Crippen LogP contribution in [0.4, 0.5) is 10.2 Å². The maximum atomic E-state index is 13.4. The highest BCUT2D eigenvalue weighted by atomic mass is 32.2. The maximum Gasteiger partial charge on any atom is 0.238 e. The summed E-state index contributed by atoms with van der Waals surface area (Å²) in [5, 5.41) is 15.4. The predicted molar refractivity (Wildman–Crippen MR) is 118 cm³/mol. The summed E-state index contributed by atoms with van der Waals surface area (Å²) in [5.74, 6) is 1.11. The van der Waals surface area contributed by atoms with E-state index in [1.54, 1.807) is 32.0 Å². The lowest BCUT2D eigenvalue weighted by molar-refractivity contribution is -0.115. The number of morpholine rings is 1. The standard InChI is InChI=1S/C21H25FN6O3S/c1-14-13-18(26-31-14)23-20(29)15(2)32-21-25-24-19(16-3-5-17(22)6-4-16)28(21)8-7-27-9-11-30-12-10-27/h3-6,13,15H,7-12H2,1-2H3,(H,23,26,29). The van der Waals surface area contributed by atoms with Gasteiger partial charge in [-0.05, 0) is 38.1 Å². The van der Waals surface area contributed by atoms with E-state index >= 15 is 0 Å². The van der Waals surface area contributed by atoms with Gasteiger partial charge >= 0.3 is 0 Å². The van der Waals surface area contributed by atoms with Gasteiger partial charge in [-0.2, -0.15) is 0 Å². The molecule has 0 saturated carbocycles. The van der Waals surface area contributed by atoms with E-state index < -0.39 is 5.25 Å². The van der Waals surface area contributed by atoms with Crippen molar-refractivity contribution in [2.75, 3.05) is 38.2 Å². The summed E-state index contributed by atoms with van der Waals surface area (Å²) < 4.78 is 25.8. The fraction of sp³-hybridized carbons (Fsp3) is 0.429. The Labute approximate surface area is 189 Å².